The number of benzene rings is 1. The molecule has 0 aliphatic carbocycles. The van der Waals surface area contributed by atoms with E-state index in [0.29, 0.717) is 10.5 Å². The lowest BCUT2D eigenvalue weighted by Gasteiger charge is -2.07. The van der Waals surface area contributed by atoms with Gasteiger partial charge >= 0.3 is 11.8 Å². The van der Waals surface area contributed by atoms with E-state index >= 15 is 0 Å². The molecule has 0 amide bonds. The smallest absolute Gasteiger partial charge is 0.422 e. The van der Waals surface area contributed by atoms with E-state index < -0.39 is 17.3 Å². The normalized spacial score (nSPS) is 10.7. The number of hydrogen-bond donors (Lipinski definition) is 1. The van der Waals surface area contributed by atoms with Crippen LogP contribution in [0, 0.1) is 0 Å². The molecule has 88 valence electrons. The number of nitrogens with zero attached hydrogens (tertiary/aromatic N) is 2. The first-order valence-electron chi connectivity index (χ1n) is 4.58. The molecule has 0 aliphatic heterocycles. The van der Waals surface area contributed by atoms with Crippen molar-refractivity contribution in [1.29, 1.82) is 0 Å². The molecule has 17 heavy (non-hydrogen) atoms. The van der Waals surface area contributed by atoms with Crippen molar-refractivity contribution in [3.05, 3.63) is 44.1 Å². The van der Waals surface area contributed by atoms with Crippen molar-refractivity contribution in [2.24, 2.45) is 7.05 Å². The molecule has 0 bridgehead atoms. The van der Waals surface area contributed by atoms with E-state index in [1.54, 1.807) is 0 Å². The third-order valence-electron chi connectivity index (χ3n) is 2.42. The first-order valence-corrected chi connectivity index (χ1v) is 4.96. The minimum atomic E-state index is -1.61. The zero-order valence-corrected chi connectivity index (χ0v) is 9.43. The predicted octanol–water partition coefficient (Wildman–Crippen LogP) is 0.880. The van der Waals surface area contributed by atoms with Crippen LogP contribution in [-0.4, -0.2) is 20.3 Å². The summed E-state index contributed by atoms with van der Waals surface area (Å²) in [5.41, 5.74) is -1.46. The van der Waals surface area contributed by atoms with Crippen molar-refractivity contribution in [1.82, 2.24) is 9.13 Å². The lowest BCUT2D eigenvalue weighted by Crippen LogP contribution is -2.42. The first-order chi connectivity index (χ1) is 7.93. The molecule has 1 aromatic heterocycles. The van der Waals surface area contributed by atoms with Gasteiger partial charge in [-0.1, -0.05) is 11.6 Å². The molecule has 0 saturated carbocycles. The summed E-state index contributed by atoms with van der Waals surface area (Å²) in [5, 5.41) is 9.20. The molecular formula is C10H7ClN2O4. The fraction of sp³-hybridized carbons (Fsp3) is 0.100. The fourth-order valence-electron chi connectivity index (χ4n) is 1.60. The van der Waals surface area contributed by atoms with Crippen LogP contribution in [0.25, 0.3) is 10.9 Å². The van der Waals surface area contributed by atoms with Gasteiger partial charge in [-0.05, 0) is 18.2 Å². The lowest BCUT2D eigenvalue weighted by molar-refractivity contribution is 0.193. The van der Waals surface area contributed by atoms with Gasteiger partial charge in [0.1, 0.15) is 0 Å². The first kappa shape index (κ1) is 11.4. The van der Waals surface area contributed by atoms with E-state index in [0.717, 1.165) is 4.57 Å². The van der Waals surface area contributed by atoms with E-state index in [-0.39, 0.29) is 9.95 Å². The second-order valence-electron chi connectivity index (χ2n) is 3.43. The Balaban J connectivity index is 3.12. The summed E-state index contributed by atoms with van der Waals surface area (Å²) in [5.74, 6) is 0. The Bertz CT molecular complexity index is 744. The van der Waals surface area contributed by atoms with Gasteiger partial charge in [0.05, 0.1) is 10.9 Å². The van der Waals surface area contributed by atoms with Crippen LogP contribution in [-0.2, 0) is 7.05 Å². The maximum atomic E-state index is 11.8. The highest BCUT2D eigenvalue weighted by atomic mass is 35.5. The van der Waals surface area contributed by atoms with Crippen molar-refractivity contribution in [2.75, 3.05) is 0 Å². The van der Waals surface area contributed by atoms with Gasteiger partial charge in [-0.15, -0.1) is 0 Å². The fourth-order valence-corrected chi connectivity index (χ4v) is 1.77. The topological polar surface area (TPSA) is 81.3 Å². The molecule has 0 unspecified atom stereocenters. The largest absolute Gasteiger partial charge is 0.464 e. The highest BCUT2D eigenvalue weighted by Crippen LogP contribution is 2.14. The predicted molar refractivity (Wildman–Crippen MR) is 61.9 cm³/mol. The van der Waals surface area contributed by atoms with Crippen LogP contribution in [0.4, 0.5) is 4.79 Å². The Labute approximate surface area is 99.3 Å². The molecule has 6 nitrogen and oxygen atoms in total. The number of aromatic nitrogens is 2. The molecule has 1 heterocycles. The van der Waals surface area contributed by atoms with E-state index in [1.807, 2.05) is 0 Å². The summed E-state index contributed by atoms with van der Waals surface area (Å²) in [7, 11) is 1.39. The highest BCUT2D eigenvalue weighted by molar-refractivity contribution is 6.31. The quantitative estimate of drug-likeness (QED) is 0.757. The van der Waals surface area contributed by atoms with E-state index in [1.165, 1.54) is 25.2 Å². The molecule has 1 aromatic carbocycles. The summed E-state index contributed by atoms with van der Waals surface area (Å²) >= 11 is 5.73. The van der Waals surface area contributed by atoms with Crippen LogP contribution in [0.1, 0.15) is 0 Å². The highest BCUT2D eigenvalue weighted by Gasteiger charge is 2.15. The minimum Gasteiger partial charge on any atom is -0.464 e. The van der Waals surface area contributed by atoms with Crippen molar-refractivity contribution < 1.29 is 9.90 Å². The van der Waals surface area contributed by atoms with Gasteiger partial charge in [0.15, 0.2) is 0 Å². The van der Waals surface area contributed by atoms with Crippen molar-refractivity contribution in [3.8, 4) is 0 Å². The van der Waals surface area contributed by atoms with Gasteiger partial charge in [0.2, 0.25) is 0 Å². The van der Waals surface area contributed by atoms with E-state index in [9.17, 15) is 14.4 Å². The van der Waals surface area contributed by atoms with Crippen molar-refractivity contribution in [3.63, 3.8) is 0 Å². The average molecular weight is 255 g/mol. The van der Waals surface area contributed by atoms with Gasteiger partial charge in [-0.25, -0.2) is 9.59 Å². The summed E-state index contributed by atoms with van der Waals surface area (Å²) in [6, 6.07) is 4.35. The third-order valence-corrected chi connectivity index (χ3v) is 2.66. The van der Waals surface area contributed by atoms with Crippen molar-refractivity contribution >= 4 is 28.6 Å². The van der Waals surface area contributed by atoms with E-state index in [4.69, 9.17) is 16.7 Å². The summed E-state index contributed by atoms with van der Waals surface area (Å²) < 4.78 is 1.24. The zero-order valence-electron chi connectivity index (χ0n) is 8.68. The van der Waals surface area contributed by atoms with Crippen LogP contribution in [0.5, 0.6) is 0 Å². The van der Waals surface area contributed by atoms with Crippen LogP contribution < -0.4 is 11.2 Å². The van der Waals surface area contributed by atoms with Crippen LogP contribution >= 0.6 is 11.6 Å². The van der Waals surface area contributed by atoms with Crippen LogP contribution in [0.2, 0.25) is 5.02 Å². The molecule has 0 radical (unpaired) electrons. The van der Waals surface area contributed by atoms with Gasteiger partial charge in [-0.2, -0.15) is 4.57 Å². The number of rotatable bonds is 0. The Morgan fingerprint density at radius 1 is 1.35 bits per heavy atom. The molecule has 0 spiro atoms. The molecular weight excluding hydrogens is 248 g/mol. The van der Waals surface area contributed by atoms with Crippen LogP contribution in [0.3, 0.4) is 0 Å². The molecule has 7 heteroatoms. The number of hydrogen-bond acceptors (Lipinski definition) is 3. The number of carboxylic acid groups (broad SMARTS) is 1. The number of halogens is 1. The van der Waals surface area contributed by atoms with Gasteiger partial charge < -0.3 is 5.11 Å². The number of fused-ring (bicyclic) bond motifs is 1. The standard InChI is InChI=1S/C10H7ClN2O4/c1-12-7-3-2-5(11)4-6(7)8(14)13(9(12)15)10(16)17/h2-4H,1H3,(H,16,17). The summed E-state index contributed by atoms with van der Waals surface area (Å²) in [6.45, 7) is 0. The monoisotopic (exact) mass is 254 g/mol. The number of carbonyl (C=O) groups is 1. The molecule has 1 N–H and O–H groups in total. The SMILES string of the molecule is Cn1c(=O)n(C(=O)O)c(=O)c2cc(Cl)ccc21. The van der Waals surface area contributed by atoms with Gasteiger partial charge in [0.25, 0.3) is 5.56 Å². The maximum absolute atomic E-state index is 11.8. The molecule has 0 saturated heterocycles. The van der Waals surface area contributed by atoms with Gasteiger partial charge in [0, 0.05) is 12.1 Å². The summed E-state index contributed by atoms with van der Waals surface area (Å²) in [4.78, 5) is 34.3. The second kappa shape index (κ2) is 3.74. The molecule has 2 aromatic rings. The Morgan fingerprint density at radius 2 is 2.00 bits per heavy atom. The van der Waals surface area contributed by atoms with Crippen molar-refractivity contribution in [2.45, 2.75) is 0 Å². The molecule has 0 fully saturated rings. The number of aryl methyl sites for hydroxylation is 1. The zero-order chi connectivity index (χ0) is 12.7. The van der Waals surface area contributed by atoms with Crippen LogP contribution in [0.15, 0.2) is 27.8 Å². The summed E-state index contributed by atoms with van der Waals surface area (Å²) in [6.07, 6.45) is -1.61. The Morgan fingerprint density at radius 3 is 2.59 bits per heavy atom. The average Bonchev–Trinajstić information content (AvgIpc) is 2.26. The molecule has 2 rings (SSSR count). The Kier molecular flexibility index (Phi) is 2.51. The lowest BCUT2D eigenvalue weighted by atomic mass is 10.2. The third kappa shape index (κ3) is 1.62. The molecule has 0 aliphatic rings. The second-order valence-corrected chi connectivity index (χ2v) is 3.86. The van der Waals surface area contributed by atoms with E-state index in [2.05, 4.69) is 0 Å². The van der Waals surface area contributed by atoms with Gasteiger partial charge in [-0.3, -0.25) is 9.36 Å². The maximum Gasteiger partial charge on any atom is 0.422 e. The minimum absolute atomic E-state index is 0.0852. The molecule has 0 atom stereocenters. The Hall–Kier alpha value is -2.08.